The molecule has 0 N–H and O–H groups in total. The van der Waals surface area contributed by atoms with E-state index in [1.54, 1.807) is 0 Å². The van der Waals surface area contributed by atoms with E-state index in [2.05, 4.69) is 18.0 Å². The van der Waals surface area contributed by atoms with Crippen molar-refractivity contribution in [1.82, 2.24) is 9.80 Å². The molecule has 0 bridgehead atoms. The van der Waals surface area contributed by atoms with E-state index >= 15 is 0 Å². The van der Waals surface area contributed by atoms with Gasteiger partial charge in [-0.25, -0.2) is 0 Å². The topological polar surface area (TPSA) is 47.3 Å². The summed E-state index contributed by atoms with van der Waals surface area (Å²) >= 11 is 0. The van der Waals surface area contributed by atoms with Crippen molar-refractivity contribution in [3.8, 4) is 6.07 Å². The van der Waals surface area contributed by atoms with Crippen molar-refractivity contribution in [3.05, 3.63) is 0 Å². The van der Waals surface area contributed by atoms with Gasteiger partial charge in [0, 0.05) is 19.1 Å². The van der Waals surface area contributed by atoms with Gasteiger partial charge in [-0.05, 0) is 58.0 Å². The third-order valence-corrected chi connectivity index (χ3v) is 5.46. The highest BCUT2D eigenvalue weighted by Gasteiger charge is 2.48. The predicted octanol–water partition coefficient (Wildman–Crippen LogP) is 1.62. The maximum atomic E-state index is 12.6. The Balaban J connectivity index is 1.68. The summed E-state index contributed by atoms with van der Waals surface area (Å²) in [5.74, 6) is 0.736. The molecule has 0 aromatic heterocycles. The van der Waals surface area contributed by atoms with Crippen LogP contribution in [0.1, 0.15) is 38.5 Å². The fourth-order valence-corrected chi connectivity index (χ4v) is 4.04. The van der Waals surface area contributed by atoms with Crippen LogP contribution in [0.2, 0.25) is 0 Å². The summed E-state index contributed by atoms with van der Waals surface area (Å²) in [6.45, 7) is 2.91. The van der Waals surface area contributed by atoms with Crippen LogP contribution in [0, 0.1) is 22.7 Å². The number of rotatable bonds is 1. The van der Waals surface area contributed by atoms with Gasteiger partial charge in [-0.2, -0.15) is 5.26 Å². The Morgan fingerprint density at radius 3 is 2.68 bits per heavy atom. The average molecular weight is 261 g/mol. The molecule has 2 atom stereocenters. The highest BCUT2D eigenvalue weighted by molar-refractivity contribution is 5.86. The summed E-state index contributed by atoms with van der Waals surface area (Å²) in [6.07, 6.45) is 6.12. The Morgan fingerprint density at radius 1 is 1.26 bits per heavy atom. The molecule has 3 fully saturated rings. The van der Waals surface area contributed by atoms with Crippen LogP contribution in [0.15, 0.2) is 0 Å². The maximum absolute atomic E-state index is 12.6. The van der Waals surface area contributed by atoms with Gasteiger partial charge in [-0.1, -0.05) is 0 Å². The first kappa shape index (κ1) is 12.9. The zero-order valence-corrected chi connectivity index (χ0v) is 11.8. The van der Waals surface area contributed by atoms with E-state index < -0.39 is 5.41 Å². The van der Waals surface area contributed by atoms with E-state index in [9.17, 15) is 10.1 Å². The van der Waals surface area contributed by atoms with Crippen molar-refractivity contribution in [1.29, 1.82) is 5.26 Å². The first-order chi connectivity index (χ1) is 9.16. The number of piperidine rings is 2. The molecule has 1 aliphatic carbocycles. The zero-order valence-electron chi connectivity index (χ0n) is 11.8. The van der Waals surface area contributed by atoms with Crippen LogP contribution in [0.3, 0.4) is 0 Å². The van der Waals surface area contributed by atoms with Crippen molar-refractivity contribution in [3.63, 3.8) is 0 Å². The van der Waals surface area contributed by atoms with E-state index in [4.69, 9.17) is 0 Å². The summed E-state index contributed by atoms with van der Waals surface area (Å²) in [7, 11) is 2.21. The smallest absolute Gasteiger partial charge is 0.243 e. The Hall–Kier alpha value is -1.08. The second kappa shape index (κ2) is 4.79. The lowest BCUT2D eigenvalue weighted by Gasteiger charge is -2.48. The molecule has 0 aromatic carbocycles. The number of nitrogens with zero attached hydrogens (tertiary/aromatic N) is 3. The van der Waals surface area contributed by atoms with Crippen LogP contribution < -0.4 is 0 Å². The van der Waals surface area contributed by atoms with E-state index in [1.807, 2.05) is 4.90 Å². The molecule has 104 valence electrons. The molecular weight excluding hydrogens is 238 g/mol. The molecular formula is C15H23N3O. The summed E-state index contributed by atoms with van der Waals surface area (Å²) < 4.78 is 0. The quantitative estimate of drug-likeness (QED) is 0.720. The minimum Gasteiger partial charge on any atom is -0.341 e. The lowest BCUT2D eigenvalue weighted by molar-refractivity contribution is -0.146. The molecule has 0 aromatic rings. The third-order valence-electron chi connectivity index (χ3n) is 5.46. The SMILES string of the molecule is CN1CCCC2CN(C(=O)C3(C#N)CCC3)CCC21. The molecule has 19 heavy (non-hydrogen) atoms. The number of nitriles is 1. The van der Waals surface area contributed by atoms with Crippen LogP contribution in [-0.4, -0.2) is 48.4 Å². The van der Waals surface area contributed by atoms with Crippen molar-refractivity contribution in [2.75, 3.05) is 26.7 Å². The number of hydrogen-bond donors (Lipinski definition) is 0. The molecule has 1 saturated carbocycles. The number of amides is 1. The summed E-state index contributed by atoms with van der Waals surface area (Å²) in [6, 6.07) is 2.94. The normalized spacial score (nSPS) is 34.0. The minimum atomic E-state index is -0.659. The molecule has 1 amide bonds. The van der Waals surface area contributed by atoms with Crippen LogP contribution in [0.25, 0.3) is 0 Å². The highest BCUT2D eigenvalue weighted by Crippen LogP contribution is 2.43. The first-order valence-corrected chi connectivity index (χ1v) is 7.57. The van der Waals surface area contributed by atoms with Gasteiger partial charge in [0.15, 0.2) is 0 Å². The van der Waals surface area contributed by atoms with E-state index in [0.29, 0.717) is 12.0 Å². The van der Waals surface area contributed by atoms with E-state index in [1.165, 1.54) is 19.4 Å². The fraction of sp³-hybridized carbons (Fsp3) is 0.867. The molecule has 4 heteroatoms. The van der Waals surface area contributed by atoms with Gasteiger partial charge < -0.3 is 9.80 Å². The minimum absolute atomic E-state index is 0.118. The van der Waals surface area contributed by atoms with Crippen LogP contribution >= 0.6 is 0 Å². The molecule has 2 aliphatic heterocycles. The largest absolute Gasteiger partial charge is 0.341 e. The van der Waals surface area contributed by atoms with Crippen LogP contribution in [-0.2, 0) is 4.79 Å². The average Bonchev–Trinajstić information content (AvgIpc) is 2.38. The first-order valence-electron chi connectivity index (χ1n) is 7.57. The van der Waals surface area contributed by atoms with Gasteiger partial charge >= 0.3 is 0 Å². The standard InChI is InChI=1S/C15H23N3O/c1-17-8-2-4-12-10-18(9-5-13(12)17)14(19)15(11-16)6-3-7-15/h12-13H,2-10H2,1H3. The maximum Gasteiger partial charge on any atom is 0.243 e. The Bertz CT molecular complexity index is 410. The van der Waals surface area contributed by atoms with Gasteiger partial charge in [-0.3, -0.25) is 4.79 Å². The van der Waals surface area contributed by atoms with Gasteiger partial charge in [-0.15, -0.1) is 0 Å². The Kier molecular flexibility index (Phi) is 3.26. The summed E-state index contributed by atoms with van der Waals surface area (Å²) in [4.78, 5) is 17.0. The summed E-state index contributed by atoms with van der Waals surface area (Å²) in [5, 5.41) is 9.31. The van der Waals surface area contributed by atoms with Crippen molar-refractivity contribution < 1.29 is 4.79 Å². The molecule has 0 spiro atoms. The summed E-state index contributed by atoms with van der Waals surface area (Å²) in [5.41, 5.74) is -0.659. The van der Waals surface area contributed by atoms with Crippen molar-refractivity contribution >= 4 is 5.91 Å². The predicted molar refractivity (Wildman–Crippen MR) is 72.2 cm³/mol. The molecule has 0 radical (unpaired) electrons. The molecule has 4 nitrogen and oxygen atoms in total. The molecule has 3 rings (SSSR count). The van der Waals surface area contributed by atoms with E-state index in [-0.39, 0.29) is 5.91 Å². The highest BCUT2D eigenvalue weighted by atomic mass is 16.2. The lowest BCUT2D eigenvalue weighted by Crippen LogP contribution is -2.57. The molecule has 2 heterocycles. The molecule has 2 saturated heterocycles. The van der Waals surface area contributed by atoms with Gasteiger partial charge in [0.05, 0.1) is 6.07 Å². The van der Waals surface area contributed by atoms with Gasteiger partial charge in [0.2, 0.25) is 5.91 Å². The second-order valence-corrected chi connectivity index (χ2v) is 6.54. The van der Waals surface area contributed by atoms with Crippen molar-refractivity contribution in [2.24, 2.45) is 11.3 Å². The monoisotopic (exact) mass is 261 g/mol. The number of likely N-dealkylation sites (tertiary alicyclic amines) is 2. The molecule has 2 unspecified atom stereocenters. The molecule has 3 aliphatic rings. The number of carbonyl (C=O) groups excluding carboxylic acids is 1. The Labute approximate surface area is 115 Å². The second-order valence-electron chi connectivity index (χ2n) is 6.54. The van der Waals surface area contributed by atoms with E-state index in [0.717, 1.165) is 38.8 Å². The fourth-order valence-electron chi connectivity index (χ4n) is 4.04. The van der Waals surface area contributed by atoms with Crippen LogP contribution in [0.5, 0.6) is 0 Å². The number of carbonyl (C=O) groups is 1. The third kappa shape index (κ3) is 2.04. The Morgan fingerprint density at radius 2 is 2.05 bits per heavy atom. The van der Waals surface area contributed by atoms with Crippen LogP contribution in [0.4, 0.5) is 0 Å². The number of hydrogen-bond acceptors (Lipinski definition) is 3. The zero-order chi connectivity index (χ0) is 13.5. The lowest BCUT2D eigenvalue weighted by atomic mass is 9.68. The van der Waals surface area contributed by atoms with Crippen molar-refractivity contribution in [2.45, 2.75) is 44.6 Å². The van der Waals surface area contributed by atoms with Gasteiger partial charge in [0.25, 0.3) is 0 Å². The number of fused-ring (bicyclic) bond motifs is 1. The van der Waals surface area contributed by atoms with Gasteiger partial charge in [0.1, 0.15) is 5.41 Å².